The van der Waals surface area contributed by atoms with Crippen molar-refractivity contribution >= 4 is 24.1 Å². The Kier molecular flexibility index (Phi) is 12.6. The van der Waals surface area contributed by atoms with Gasteiger partial charge < -0.3 is 74.0 Å². The molecule has 0 radical (unpaired) electrons. The average Bonchev–Trinajstić information content (AvgIpc) is 3.36. The maximum Gasteiger partial charge on any atom is 0.331 e. The first-order chi connectivity index (χ1) is 23.4. The van der Waals surface area contributed by atoms with Crippen molar-refractivity contribution in [3.8, 4) is 23.0 Å². The van der Waals surface area contributed by atoms with Crippen molar-refractivity contribution in [1.29, 1.82) is 0 Å². The van der Waals surface area contributed by atoms with Crippen molar-refractivity contribution in [2.24, 2.45) is 0 Å². The van der Waals surface area contributed by atoms with Gasteiger partial charge in [0.15, 0.2) is 35.4 Å². The Morgan fingerprint density at radius 3 is 1.90 bits per heavy atom. The second-order valence-corrected chi connectivity index (χ2v) is 10.9. The molecule has 9 atom stereocenters. The van der Waals surface area contributed by atoms with E-state index in [4.69, 9.17) is 33.2 Å². The highest BCUT2D eigenvalue weighted by Gasteiger charge is 2.60. The number of hydrogen-bond acceptors (Lipinski definition) is 17. The number of aliphatic hydroxyl groups excluding tert-OH is 6. The number of carbonyl (C=O) groups is 2. The van der Waals surface area contributed by atoms with E-state index in [9.17, 15) is 50.4 Å². The fraction of sp³-hybridized carbons (Fsp3) is 0.438. The third-order valence-corrected chi connectivity index (χ3v) is 7.72. The van der Waals surface area contributed by atoms with E-state index in [1.165, 1.54) is 62.8 Å². The highest BCUT2D eigenvalue weighted by molar-refractivity contribution is 5.88. The maximum atomic E-state index is 12.8. The van der Waals surface area contributed by atoms with Crippen LogP contribution in [0.5, 0.6) is 23.0 Å². The van der Waals surface area contributed by atoms with E-state index in [1.54, 1.807) is 0 Å². The zero-order chi connectivity index (χ0) is 35.9. The van der Waals surface area contributed by atoms with E-state index in [0.717, 1.165) is 12.2 Å². The van der Waals surface area contributed by atoms with E-state index in [2.05, 4.69) is 0 Å². The van der Waals surface area contributed by atoms with Gasteiger partial charge in [-0.15, -0.1) is 0 Å². The molecule has 49 heavy (non-hydrogen) atoms. The summed E-state index contributed by atoms with van der Waals surface area (Å²) in [5.74, 6) is -4.38. The van der Waals surface area contributed by atoms with Crippen LogP contribution in [0.2, 0.25) is 0 Å². The zero-order valence-corrected chi connectivity index (χ0v) is 26.3. The first kappa shape index (κ1) is 37.5. The molecule has 8 N–H and O–H groups in total. The maximum absolute atomic E-state index is 12.8. The number of carbonyl (C=O) groups excluding carboxylic acids is 2. The number of benzene rings is 2. The molecule has 0 bridgehead atoms. The topological polar surface area (TPSA) is 261 Å². The first-order valence-electron chi connectivity index (χ1n) is 14.8. The number of phenols is 2. The Hall–Kier alpha value is -4.30. The molecule has 0 unspecified atom stereocenters. The summed E-state index contributed by atoms with van der Waals surface area (Å²) in [5.41, 5.74) is 0.898. The van der Waals surface area contributed by atoms with Crippen LogP contribution in [0, 0.1) is 0 Å². The number of aliphatic hydroxyl groups is 6. The third-order valence-electron chi connectivity index (χ3n) is 7.72. The summed E-state index contributed by atoms with van der Waals surface area (Å²) in [5, 5.41) is 82.2. The molecule has 0 aromatic heterocycles. The minimum atomic E-state index is -2.47. The molecule has 0 saturated carbocycles. The molecule has 4 rings (SSSR count). The van der Waals surface area contributed by atoms with Gasteiger partial charge in [-0.1, -0.05) is 12.1 Å². The molecule has 268 valence electrons. The Bertz CT molecular complexity index is 1510. The normalized spacial score (nSPS) is 30.0. The van der Waals surface area contributed by atoms with E-state index in [0.29, 0.717) is 11.1 Å². The molecule has 2 aliphatic heterocycles. The number of ether oxygens (including phenoxy) is 7. The number of esters is 2. The second kappa shape index (κ2) is 16.4. The van der Waals surface area contributed by atoms with Crippen molar-refractivity contribution in [3.05, 3.63) is 59.7 Å². The van der Waals surface area contributed by atoms with Gasteiger partial charge in [0.1, 0.15) is 49.8 Å². The predicted molar refractivity (Wildman–Crippen MR) is 164 cm³/mol. The fourth-order valence-corrected chi connectivity index (χ4v) is 5.06. The van der Waals surface area contributed by atoms with Crippen LogP contribution in [-0.4, -0.2) is 142 Å². The lowest BCUT2D eigenvalue weighted by atomic mass is 9.99. The summed E-state index contributed by atoms with van der Waals surface area (Å²) in [4.78, 5) is 25.2. The van der Waals surface area contributed by atoms with E-state index >= 15 is 0 Å². The largest absolute Gasteiger partial charge is 0.504 e. The van der Waals surface area contributed by atoms with E-state index < -0.39 is 86.6 Å². The van der Waals surface area contributed by atoms with Crippen LogP contribution < -0.4 is 9.47 Å². The van der Waals surface area contributed by atoms with Crippen LogP contribution in [0.1, 0.15) is 11.1 Å². The molecular weight excluding hydrogens is 656 g/mol. The number of aromatic hydroxyl groups is 2. The fourth-order valence-electron chi connectivity index (χ4n) is 5.06. The van der Waals surface area contributed by atoms with Gasteiger partial charge in [0.05, 0.1) is 20.8 Å². The Morgan fingerprint density at radius 2 is 1.37 bits per heavy atom. The standard InChI is InChI=1S/C32H38O17/c1-43-20-11-16(3-7-18(20)35)5-9-24(37)45-14-23-26(39)28(41)29(42)31(46-23)49-32(15-34)30(27(40)22(13-33)48-32)47-25(38)10-6-17-4-8-19(36)21(12-17)44-2/h3-12,22-23,26-31,33-36,39-42H,13-15H2,1-2H3/t22-,23-,26-,27-,28+,29-,30+,31-,32+/m1/s1. The second-order valence-electron chi connectivity index (χ2n) is 10.9. The quantitative estimate of drug-likeness (QED) is 0.0882. The molecular formula is C32H38O17. The minimum absolute atomic E-state index is 0.108. The van der Waals surface area contributed by atoms with Gasteiger partial charge in [-0.2, -0.15) is 0 Å². The molecule has 2 aliphatic rings. The van der Waals surface area contributed by atoms with Crippen molar-refractivity contribution in [2.75, 3.05) is 34.0 Å². The third kappa shape index (κ3) is 8.66. The van der Waals surface area contributed by atoms with Crippen LogP contribution in [0.25, 0.3) is 12.2 Å². The van der Waals surface area contributed by atoms with E-state index in [1.807, 2.05) is 0 Å². The summed E-state index contributed by atoms with van der Waals surface area (Å²) >= 11 is 0. The van der Waals surface area contributed by atoms with Crippen molar-refractivity contribution in [1.82, 2.24) is 0 Å². The minimum Gasteiger partial charge on any atom is -0.504 e. The van der Waals surface area contributed by atoms with Gasteiger partial charge in [0, 0.05) is 12.2 Å². The molecule has 2 saturated heterocycles. The SMILES string of the molecule is COc1cc(C=CC(=O)OC[C@H]2O[C@H](O[C@]3(CO)O[C@H](CO)[C@@H](O)[C@@H]3OC(=O)C=Cc3ccc(O)c(OC)c3)[C@H](O)[C@@H](O)[C@@H]2O)ccc1O. The van der Waals surface area contributed by atoms with E-state index in [-0.39, 0.29) is 23.0 Å². The summed E-state index contributed by atoms with van der Waals surface area (Å²) in [6.45, 7) is -2.61. The summed E-state index contributed by atoms with van der Waals surface area (Å²) in [7, 11) is 2.69. The Balaban J connectivity index is 1.46. The van der Waals surface area contributed by atoms with Gasteiger partial charge in [-0.25, -0.2) is 9.59 Å². The highest BCUT2D eigenvalue weighted by Crippen LogP contribution is 2.38. The first-order valence-corrected chi connectivity index (χ1v) is 14.8. The lowest BCUT2D eigenvalue weighted by Gasteiger charge is -2.43. The van der Waals surface area contributed by atoms with Crippen LogP contribution in [-0.2, 0) is 33.3 Å². The lowest BCUT2D eigenvalue weighted by Crippen LogP contribution is -2.63. The molecule has 2 heterocycles. The molecule has 2 aromatic rings. The van der Waals surface area contributed by atoms with Crippen molar-refractivity contribution in [2.45, 2.75) is 54.8 Å². The van der Waals surface area contributed by atoms with Crippen LogP contribution in [0.3, 0.4) is 0 Å². The van der Waals surface area contributed by atoms with Crippen LogP contribution in [0.15, 0.2) is 48.6 Å². The van der Waals surface area contributed by atoms with Gasteiger partial charge >= 0.3 is 11.9 Å². The molecule has 2 aromatic carbocycles. The van der Waals surface area contributed by atoms with Gasteiger partial charge in [-0.3, -0.25) is 0 Å². The smallest absolute Gasteiger partial charge is 0.331 e. The summed E-state index contributed by atoms with van der Waals surface area (Å²) in [6, 6.07) is 8.54. The average molecular weight is 695 g/mol. The highest BCUT2D eigenvalue weighted by atomic mass is 16.8. The van der Waals surface area contributed by atoms with Crippen LogP contribution in [0.4, 0.5) is 0 Å². The molecule has 17 nitrogen and oxygen atoms in total. The Morgan fingerprint density at radius 1 is 0.796 bits per heavy atom. The Labute approximate surface area is 279 Å². The summed E-state index contributed by atoms with van der Waals surface area (Å²) in [6.07, 6.45) is -9.57. The van der Waals surface area contributed by atoms with Crippen molar-refractivity contribution in [3.63, 3.8) is 0 Å². The number of rotatable bonds is 13. The molecule has 0 aliphatic carbocycles. The monoisotopic (exact) mass is 694 g/mol. The number of phenolic OH excluding ortho intramolecular Hbond substituents is 2. The van der Waals surface area contributed by atoms with Gasteiger partial charge in [-0.05, 0) is 47.5 Å². The van der Waals surface area contributed by atoms with Crippen molar-refractivity contribution < 1.29 is 83.6 Å². The van der Waals surface area contributed by atoms with Crippen LogP contribution >= 0.6 is 0 Å². The molecule has 0 amide bonds. The molecule has 0 spiro atoms. The zero-order valence-electron chi connectivity index (χ0n) is 26.3. The van der Waals surface area contributed by atoms with Gasteiger partial charge in [0.2, 0.25) is 5.79 Å². The summed E-state index contributed by atoms with van der Waals surface area (Å²) < 4.78 is 37.3. The molecule has 2 fully saturated rings. The molecule has 17 heteroatoms. The lowest BCUT2D eigenvalue weighted by molar-refractivity contribution is -0.383. The predicted octanol–water partition coefficient (Wildman–Crippen LogP) is -1.44. The number of methoxy groups -OCH3 is 2. The number of hydrogen-bond donors (Lipinski definition) is 8. The van der Waals surface area contributed by atoms with Gasteiger partial charge in [0.25, 0.3) is 0 Å².